The van der Waals surface area contributed by atoms with Crippen LogP contribution in [0.15, 0.2) is 18.5 Å². The average Bonchev–Trinajstić information content (AvgIpc) is 3.12. The lowest BCUT2D eigenvalue weighted by atomic mass is 10.1. The van der Waals surface area contributed by atoms with Crippen molar-refractivity contribution in [3.8, 4) is 0 Å². The highest BCUT2D eigenvalue weighted by molar-refractivity contribution is 5.45. The summed E-state index contributed by atoms with van der Waals surface area (Å²) in [7, 11) is 0. The largest absolute Gasteiger partial charge is 0.364 e. The molecule has 0 radical (unpaired) electrons. The maximum atomic E-state index is 4.67. The number of hydrogen-bond donors (Lipinski definition) is 1. The van der Waals surface area contributed by atoms with Gasteiger partial charge in [-0.3, -0.25) is 0 Å². The van der Waals surface area contributed by atoms with Gasteiger partial charge < -0.3 is 5.32 Å². The summed E-state index contributed by atoms with van der Waals surface area (Å²) in [4.78, 5) is 4.26. The molecule has 0 amide bonds. The second-order valence-corrected chi connectivity index (χ2v) is 6.06. The molecule has 8 nitrogen and oxygen atoms in total. The molecule has 3 aromatic heterocycles. The second kappa shape index (κ2) is 4.49. The Morgan fingerprint density at radius 3 is 3.00 bits per heavy atom. The van der Waals surface area contributed by atoms with Crippen molar-refractivity contribution in [3.05, 3.63) is 30.1 Å². The molecule has 1 N–H and O–H groups in total. The summed E-state index contributed by atoms with van der Waals surface area (Å²) < 4.78 is 3.85. The van der Waals surface area contributed by atoms with Crippen molar-refractivity contribution in [1.29, 1.82) is 0 Å². The fraction of sp³-hybridized carbons (Fsp3) is 0.500. The molecule has 1 aliphatic heterocycles. The number of nitrogens with zero attached hydrogens (tertiary/aromatic N) is 7. The van der Waals surface area contributed by atoms with Crippen LogP contribution in [0.3, 0.4) is 0 Å². The van der Waals surface area contributed by atoms with Gasteiger partial charge in [0, 0.05) is 18.4 Å². The fourth-order valence-corrected chi connectivity index (χ4v) is 3.04. The number of aromatic nitrogens is 7. The van der Waals surface area contributed by atoms with Crippen LogP contribution in [-0.2, 0) is 13.0 Å². The van der Waals surface area contributed by atoms with Gasteiger partial charge in [0.15, 0.2) is 11.5 Å². The third-order valence-corrected chi connectivity index (χ3v) is 4.39. The van der Waals surface area contributed by atoms with Crippen LogP contribution in [0.25, 0.3) is 5.65 Å². The van der Waals surface area contributed by atoms with Gasteiger partial charge in [0.1, 0.15) is 18.0 Å². The Labute approximate surface area is 126 Å². The third-order valence-electron chi connectivity index (χ3n) is 4.39. The SMILES string of the molecule is c1nc2n(n1)CC(Nc1ccc3nnc(C4CC4)n3n1)CC2. The molecule has 1 fully saturated rings. The topological polar surface area (TPSA) is 85.8 Å². The molecule has 5 rings (SSSR count). The normalized spacial score (nSPS) is 21.0. The van der Waals surface area contributed by atoms with E-state index in [9.17, 15) is 0 Å². The first kappa shape index (κ1) is 12.1. The van der Waals surface area contributed by atoms with Gasteiger partial charge in [0.2, 0.25) is 0 Å². The highest BCUT2D eigenvalue weighted by Crippen LogP contribution is 2.38. The van der Waals surface area contributed by atoms with E-state index in [4.69, 9.17) is 0 Å². The van der Waals surface area contributed by atoms with E-state index in [1.54, 1.807) is 6.33 Å². The number of hydrogen-bond acceptors (Lipinski definition) is 6. The van der Waals surface area contributed by atoms with Gasteiger partial charge in [-0.25, -0.2) is 9.67 Å². The van der Waals surface area contributed by atoms with E-state index < -0.39 is 0 Å². The molecule has 4 heterocycles. The predicted octanol–water partition coefficient (Wildman–Crippen LogP) is 1.02. The Morgan fingerprint density at radius 1 is 1.14 bits per heavy atom. The summed E-state index contributed by atoms with van der Waals surface area (Å²) in [6, 6.07) is 4.26. The maximum Gasteiger partial charge on any atom is 0.178 e. The van der Waals surface area contributed by atoms with Crippen LogP contribution >= 0.6 is 0 Å². The zero-order valence-corrected chi connectivity index (χ0v) is 12.1. The molecule has 1 aliphatic carbocycles. The lowest BCUT2D eigenvalue weighted by molar-refractivity contribution is 0.440. The molecule has 1 saturated carbocycles. The third kappa shape index (κ3) is 1.94. The zero-order valence-electron chi connectivity index (χ0n) is 12.1. The van der Waals surface area contributed by atoms with Crippen LogP contribution in [0.5, 0.6) is 0 Å². The molecule has 0 spiro atoms. The Bertz CT molecular complexity index is 830. The van der Waals surface area contributed by atoms with E-state index in [1.165, 1.54) is 12.8 Å². The number of nitrogens with one attached hydrogen (secondary N) is 1. The maximum absolute atomic E-state index is 4.67. The van der Waals surface area contributed by atoms with Crippen molar-refractivity contribution in [2.45, 2.75) is 44.2 Å². The molecule has 0 bridgehead atoms. The molecule has 1 atom stereocenters. The van der Waals surface area contributed by atoms with E-state index in [0.717, 1.165) is 42.5 Å². The van der Waals surface area contributed by atoms with Crippen LogP contribution in [0.1, 0.15) is 36.8 Å². The van der Waals surface area contributed by atoms with Crippen molar-refractivity contribution in [1.82, 2.24) is 34.6 Å². The molecule has 112 valence electrons. The van der Waals surface area contributed by atoms with Crippen LogP contribution < -0.4 is 5.32 Å². The first-order valence-corrected chi connectivity index (χ1v) is 7.72. The summed E-state index contributed by atoms with van der Waals surface area (Å²) in [5.41, 5.74) is 0.814. The molecule has 22 heavy (non-hydrogen) atoms. The van der Waals surface area contributed by atoms with Crippen LogP contribution in [0, 0.1) is 0 Å². The second-order valence-electron chi connectivity index (χ2n) is 6.06. The van der Waals surface area contributed by atoms with Gasteiger partial charge in [-0.2, -0.15) is 9.61 Å². The van der Waals surface area contributed by atoms with Crippen molar-refractivity contribution in [2.24, 2.45) is 0 Å². The lowest BCUT2D eigenvalue weighted by Gasteiger charge is -2.23. The lowest BCUT2D eigenvalue weighted by Crippen LogP contribution is -2.32. The van der Waals surface area contributed by atoms with Crippen molar-refractivity contribution < 1.29 is 0 Å². The zero-order chi connectivity index (χ0) is 14.5. The number of rotatable bonds is 3. The predicted molar refractivity (Wildman–Crippen MR) is 78.5 cm³/mol. The van der Waals surface area contributed by atoms with Gasteiger partial charge >= 0.3 is 0 Å². The van der Waals surface area contributed by atoms with Crippen molar-refractivity contribution in [2.75, 3.05) is 5.32 Å². The van der Waals surface area contributed by atoms with Crippen LogP contribution in [0.2, 0.25) is 0 Å². The van der Waals surface area contributed by atoms with E-state index in [1.807, 2.05) is 21.3 Å². The minimum absolute atomic E-state index is 0.319. The molecular weight excluding hydrogens is 280 g/mol. The number of anilines is 1. The molecule has 8 heteroatoms. The minimum atomic E-state index is 0.319. The first-order chi connectivity index (χ1) is 10.9. The smallest absolute Gasteiger partial charge is 0.178 e. The van der Waals surface area contributed by atoms with Gasteiger partial charge in [-0.15, -0.1) is 15.3 Å². The summed E-state index contributed by atoms with van der Waals surface area (Å²) in [5, 5.41) is 20.9. The molecular formula is C14H16N8. The van der Waals surface area contributed by atoms with E-state index >= 15 is 0 Å². The van der Waals surface area contributed by atoms with E-state index in [2.05, 4.69) is 30.7 Å². The Morgan fingerprint density at radius 2 is 2.09 bits per heavy atom. The molecule has 1 unspecified atom stereocenters. The van der Waals surface area contributed by atoms with Crippen molar-refractivity contribution in [3.63, 3.8) is 0 Å². The quantitative estimate of drug-likeness (QED) is 0.776. The standard InChI is InChI=1S/C14H16N8/c1-2-9(1)14-19-18-13-6-4-11(20-22(13)14)17-10-3-5-12-15-8-16-21(12)7-10/h4,6,8-10H,1-3,5,7H2,(H,17,20). The van der Waals surface area contributed by atoms with E-state index in [0.29, 0.717) is 12.0 Å². The number of fused-ring (bicyclic) bond motifs is 2. The Hall–Kier alpha value is -2.51. The van der Waals surface area contributed by atoms with Crippen molar-refractivity contribution >= 4 is 11.5 Å². The van der Waals surface area contributed by atoms with E-state index in [-0.39, 0.29) is 0 Å². The molecule has 0 saturated heterocycles. The van der Waals surface area contributed by atoms with Gasteiger partial charge in [0.25, 0.3) is 0 Å². The minimum Gasteiger partial charge on any atom is -0.364 e. The van der Waals surface area contributed by atoms with Gasteiger partial charge in [-0.1, -0.05) is 0 Å². The highest BCUT2D eigenvalue weighted by atomic mass is 15.4. The fourth-order valence-electron chi connectivity index (χ4n) is 3.04. The summed E-state index contributed by atoms with van der Waals surface area (Å²) in [6.45, 7) is 0.826. The van der Waals surface area contributed by atoms with Crippen LogP contribution in [0.4, 0.5) is 5.82 Å². The Balaban J connectivity index is 1.41. The molecule has 2 aliphatic rings. The highest BCUT2D eigenvalue weighted by Gasteiger charge is 2.29. The van der Waals surface area contributed by atoms with Crippen LogP contribution in [-0.4, -0.2) is 40.6 Å². The average molecular weight is 296 g/mol. The van der Waals surface area contributed by atoms with Gasteiger partial charge in [-0.05, 0) is 31.4 Å². The summed E-state index contributed by atoms with van der Waals surface area (Å²) in [6.07, 6.45) is 5.99. The monoisotopic (exact) mass is 296 g/mol. The molecule has 0 aromatic carbocycles. The number of aryl methyl sites for hydroxylation is 1. The summed E-state index contributed by atoms with van der Waals surface area (Å²) >= 11 is 0. The Kier molecular flexibility index (Phi) is 2.46. The molecule has 3 aromatic rings. The summed E-state index contributed by atoms with van der Waals surface area (Å²) in [5.74, 6) is 3.45. The first-order valence-electron chi connectivity index (χ1n) is 7.72. The van der Waals surface area contributed by atoms with Gasteiger partial charge in [0.05, 0.1) is 6.54 Å².